The summed E-state index contributed by atoms with van der Waals surface area (Å²) in [5, 5.41) is 5.36. The van der Waals surface area contributed by atoms with Crippen LogP contribution in [0.5, 0.6) is 0 Å². The molecule has 3 N–H and O–H groups in total. The minimum atomic E-state index is -4.46. The molecular formula is C15H12Cl2F3N3O2. The predicted molar refractivity (Wildman–Crippen MR) is 86.9 cm³/mol. The van der Waals surface area contributed by atoms with Crippen molar-refractivity contribution < 1.29 is 22.8 Å². The normalized spacial score (nSPS) is 11.2. The standard InChI is InChI=1S/C15H12Cl2F3N3O2/c16-10-7-11(23-12(10)17)14(25)22-6-5-21-13(24)8-1-3-9(4-2-8)15(18,19)20/h1-4,7,23H,5-6H2,(H,21,24)(H,22,25). The van der Waals surface area contributed by atoms with Crippen molar-refractivity contribution in [1.29, 1.82) is 0 Å². The van der Waals surface area contributed by atoms with Crippen LogP contribution in [0.4, 0.5) is 13.2 Å². The fourth-order valence-electron chi connectivity index (χ4n) is 1.89. The maximum Gasteiger partial charge on any atom is 0.416 e. The Morgan fingerprint density at radius 3 is 2.04 bits per heavy atom. The van der Waals surface area contributed by atoms with Crippen LogP contribution in [-0.2, 0) is 6.18 Å². The summed E-state index contributed by atoms with van der Waals surface area (Å²) in [5.74, 6) is -1.01. The molecule has 0 saturated carbocycles. The highest BCUT2D eigenvalue weighted by Gasteiger charge is 2.30. The third-order valence-electron chi connectivity index (χ3n) is 3.14. The number of hydrogen-bond acceptors (Lipinski definition) is 2. The average molecular weight is 394 g/mol. The second-order valence-electron chi connectivity index (χ2n) is 4.93. The molecule has 0 fully saturated rings. The van der Waals surface area contributed by atoms with Crippen LogP contribution in [0.1, 0.15) is 26.4 Å². The molecule has 1 aromatic carbocycles. The maximum absolute atomic E-state index is 12.5. The van der Waals surface area contributed by atoms with Crippen molar-refractivity contribution in [2.24, 2.45) is 0 Å². The number of benzene rings is 1. The number of aromatic nitrogens is 1. The van der Waals surface area contributed by atoms with Gasteiger partial charge >= 0.3 is 6.18 Å². The highest BCUT2D eigenvalue weighted by molar-refractivity contribution is 6.41. The molecule has 0 unspecified atom stereocenters. The summed E-state index contributed by atoms with van der Waals surface area (Å²) in [6.07, 6.45) is -4.46. The number of hydrogen-bond donors (Lipinski definition) is 3. The minimum absolute atomic E-state index is 0.0854. The molecule has 0 atom stereocenters. The molecule has 0 bridgehead atoms. The molecule has 2 aromatic rings. The topological polar surface area (TPSA) is 74.0 Å². The van der Waals surface area contributed by atoms with Crippen LogP contribution in [0.25, 0.3) is 0 Å². The van der Waals surface area contributed by atoms with E-state index in [2.05, 4.69) is 15.6 Å². The van der Waals surface area contributed by atoms with Crippen LogP contribution >= 0.6 is 23.2 Å². The second-order valence-corrected chi connectivity index (χ2v) is 5.72. The van der Waals surface area contributed by atoms with E-state index in [1.807, 2.05) is 0 Å². The Morgan fingerprint density at radius 2 is 1.56 bits per heavy atom. The number of nitrogens with one attached hydrogen (secondary N) is 3. The zero-order valence-corrected chi connectivity index (χ0v) is 14.0. The molecule has 0 aliphatic carbocycles. The summed E-state index contributed by atoms with van der Waals surface area (Å²) in [6.45, 7) is 0.202. The number of H-pyrrole nitrogens is 1. The Labute approximate surface area is 150 Å². The van der Waals surface area contributed by atoms with Gasteiger partial charge in [0.05, 0.1) is 10.6 Å². The van der Waals surface area contributed by atoms with Crippen molar-refractivity contribution in [2.75, 3.05) is 13.1 Å². The molecule has 25 heavy (non-hydrogen) atoms. The zero-order chi connectivity index (χ0) is 18.6. The van der Waals surface area contributed by atoms with E-state index in [0.29, 0.717) is 0 Å². The van der Waals surface area contributed by atoms with Gasteiger partial charge in [-0.05, 0) is 30.3 Å². The van der Waals surface area contributed by atoms with Gasteiger partial charge in [0.25, 0.3) is 11.8 Å². The van der Waals surface area contributed by atoms with E-state index in [1.54, 1.807) is 0 Å². The van der Waals surface area contributed by atoms with Crippen molar-refractivity contribution in [3.05, 3.63) is 57.3 Å². The molecule has 0 spiro atoms. The van der Waals surface area contributed by atoms with Crippen molar-refractivity contribution in [1.82, 2.24) is 15.6 Å². The summed E-state index contributed by atoms with van der Waals surface area (Å²) in [4.78, 5) is 26.2. The van der Waals surface area contributed by atoms with Gasteiger partial charge in [-0.25, -0.2) is 0 Å². The van der Waals surface area contributed by atoms with Gasteiger partial charge in [0.15, 0.2) is 0 Å². The molecule has 2 amide bonds. The summed E-state index contributed by atoms with van der Waals surface area (Å²) >= 11 is 11.4. The lowest BCUT2D eigenvalue weighted by atomic mass is 10.1. The largest absolute Gasteiger partial charge is 0.416 e. The Morgan fingerprint density at radius 1 is 1.00 bits per heavy atom. The molecule has 0 aliphatic heterocycles. The van der Waals surface area contributed by atoms with E-state index < -0.39 is 23.6 Å². The highest BCUT2D eigenvalue weighted by atomic mass is 35.5. The minimum Gasteiger partial charge on any atom is -0.350 e. The van der Waals surface area contributed by atoms with Crippen LogP contribution in [-0.4, -0.2) is 29.9 Å². The van der Waals surface area contributed by atoms with Crippen LogP contribution < -0.4 is 10.6 Å². The molecule has 0 radical (unpaired) electrons. The van der Waals surface area contributed by atoms with Crippen LogP contribution in [0.3, 0.4) is 0 Å². The lowest BCUT2D eigenvalue weighted by molar-refractivity contribution is -0.137. The van der Waals surface area contributed by atoms with Crippen molar-refractivity contribution in [3.8, 4) is 0 Å². The molecule has 1 aromatic heterocycles. The number of halogens is 5. The lowest BCUT2D eigenvalue weighted by Crippen LogP contribution is -2.34. The zero-order valence-electron chi connectivity index (χ0n) is 12.5. The predicted octanol–water partition coefficient (Wildman–Crippen LogP) is 3.50. The van der Waals surface area contributed by atoms with Crippen LogP contribution in [0.2, 0.25) is 10.2 Å². The fourth-order valence-corrected chi connectivity index (χ4v) is 2.20. The number of carbonyl (C=O) groups is 2. The Kier molecular flexibility index (Phi) is 5.97. The summed E-state index contributed by atoms with van der Waals surface area (Å²) in [6, 6.07) is 5.18. The molecule has 5 nitrogen and oxygen atoms in total. The third-order valence-corrected chi connectivity index (χ3v) is 3.83. The SMILES string of the molecule is O=C(NCCNC(=O)c1cc(Cl)c(Cl)[nH]1)c1ccc(C(F)(F)F)cc1. The van der Waals surface area contributed by atoms with Gasteiger partial charge in [0.1, 0.15) is 10.8 Å². The fraction of sp³-hybridized carbons (Fsp3) is 0.200. The first-order chi connectivity index (χ1) is 11.7. The van der Waals surface area contributed by atoms with E-state index in [4.69, 9.17) is 23.2 Å². The molecule has 1 heterocycles. The van der Waals surface area contributed by atoms with Gasteiger partial charge in [-0.3, -0.25) is 9.59 Å². The first-order valence-corrected chi connectivity index (χ1v) is 7.71. The molecule has 0 aliphatic rings. The summed E-state index contributed by atoms with van der Waals surface area (Å²) < 4.78 is 37.4. The van der Waals surface area contributed by atoms with Crippen molar-refractivity contribution in [2.45, 2.75) is 6.18 Å². The number of carbonyl (C=O) groups excluding carboxylic acids is 2. The Balaban J connectivity index is 1.79. The van der Waals surface area contributed by atoms with E-state index in [9.17, 15) is 22.8 Å². The first-order valence-electron chi connectivity index (χ1n) is 6.96. The molecule has 10 heteroatoms. The molecule has 134 valence electrons. The third kappa shape index (κ3) is 5.14. The summed E-state index contributed by atoms with van der Waals surface area (Å²) in [5.41, 5.74) is -0.578. The first kappa shape index (κ1) is 19.1. The number of amides is 2. The van der Waals surface area contributed by atoms with E-state index >= 15 is 0 Å². The Bertz CT molecular complexity index is 754. The number of alkyl halides is 3. The summed E-state index contributed by atoms with van der Waals surface area (Å²) in [7, 11) is 0. The monoisotopic (exact) mass is 393 g/mol. The maximum atomic E-state index is 12.5. The number of rotatable bonds is 5. The average Bonchev–Trinajstić information content (AvgIpc) is 2.90. The Hall–Kier alpha value is -2.19. The van der Waals surface area contributed by atoms with E-state index in [1.165, 1.54) is 6.07 Å². The van der Waals surface area contributed by atoms with E-state index in [0.717, 1.165) is 24.3 Å². The molecule has 2 rings (SSSR count). The van der Waals surface area contributed by atoms with Crippen molar-refractivity contribution in [3.63, 3.8) is 0 Å². The van der Waals surface area contributed by atoms with Gasteiger partial charge < -0.3 is 15.6 Å². The van der Waals surface area contributed by atoms with Gasteiger partial charge in [-0.1, -0.05) is 23.2 Å². The van der Waals surface area contributed by atoms with Gasteiger partial charge in [0, 0.05) is 18.7 Å². The van der Waals surface area contributed by atoms with Crippen LogP contribution in [0.15, 0.2) is 30.3 Å². The van der Waals surface area contributed by atoms with Crippen LogP contribution in [0, 0.1) is 0 Å². The lowest BCUT2D eigenvalue weighted by Gasteiger charge is -2.09. The highest BCUT2D eigenvalue weighted by Crippen LogP contribution is 2.29. The van der Waals surface area contributed by atoms with Crippen molar-refractivity contribution >= 4 is 35.0 Å². The number of aromatic amines is 1. The van der Waals surface area contributed by atoms with E-state index in [-0.39, 0.29) is 34.5 Å². The second kappa shape index (κ2) is 7.79. The van der Waals surface area contributed by atoms with Gasteiger partial charge in [-0.15, -0.1) is 0 Å². The smallest absolute Gasteiger partial charge is 0.350 e. The van der Waals surface area contributed by atoms with Gasteiger partial charge in [0.2, 0.25) is 0 Å². The van der Waals surface area contributed by atoms with Gasteiger partial charge in [-0.2, -0.15) is 13.2 Å². The molecule has 0 saturated heterocycles. The quantitative estimate of drug-likeness (QED) is 0.680. The molecular weight excluding hydrogens is 382 g/mol.